The number of hydrogen-bond donors (Lipinski definition) is 1. The molecule has 0 aliphatic carbocycles. The third-order valence-corrected chi connectivity index (χ3v) is 4.86. The standard InChI is InChI=1S/C16H22N2O2.C2HF3O2/c1-3-15-13-6-7-18(9-12(13)10-20-15)16(19)14-5-4-11(2)8-17-14;3-2(4,5)1(6)7/h4-5,8,12-13,15H,3,6-7,9-10H2,1-2H3;(H,6,7)/t12-,13-,15+;/m1./s1. The number of aromatic nitrogens is 1. The van der Waals surface area contributed by atoms with Crippen molar-refractivity contribution in [3.63, 3.8) is 0 Å². The molecule has 0 bridgehead atoms. The van der Waals surface area contributed by atoms with Gasteiger partial charge < -0.3 is 14.7 Å². The molecule has 150 valence electrons. The summed E-state index contributed by atoms with van der Waals surface area (Å²) in [5.41, 5.74) is 1.63. The summed E-state index contributed by atoms with van der Waals surface area (Å²) in [6.45, 7) is 6.60. The summed E-state index contributed by atoms with van der Waals surface area (Å²) in [7, 11) is 0. The highest BCUT2D eigenvalue weighted by Crippen LogP contribution is 2.35. The van der Waals surface area contributed by atoms with Gasteiger partial charge in [-0.1, -0.05) is 13.0 Å². The van der Waals surface area contributed by atoms with Gasteiger partial charge in [-0.2, -0.15) is 13.2 Å². The fraction of sp³-hybridized carbons (Fsp3) is 0.611. The number of rotatable bonds is 2. The number of carboxylic acids is 1. The van der Waals surface area contributed by atoms with Crippen molar-refractivity contribution in [3.05, 3.63) is 29.6 Å². The van der Waals surface area contributed by atoms with Gasteiger partial charge in [0.25, 0.3) is 5.91 Å². The Bertz CT molecular complexity index is 664. The molecule has 0 unspecified atom stereocenters. The van der Waals surface area contributed by atoms with Gasteiger partial charge in [-0.25, -0.2) is 4.79 Å². The molecule has 2 aliphatic rings. The molecule has 27 heavy (non-hydrogen) atoms. The minimum atomic E-state index is -5.08. The average Bonchev–Trinajstić information content (AvgIpc) is 3.03. The Morgan fingerprint density at radius 1 is 1.37 bits per heavy atom. The number of carbonyl (C=O) groups is 2. The second-order valence-corrected chi connectivity index (χ2v) is 6.77. The predicted molar refractivity (Wildman–Crippen MR) is 90.2 cm³/mol. The molecule has 0 aromatic carbocycles. The van der Waals surface area contributed by atoms with Crippen molar-refractivity contribution in [2.75, 3.05) is 19.7 Å². The van der Waals surface area contributed by atoms with E-state index >= 15 is 0 Å². The largest absolute Gasteiger partial charge is 0.490 e. The van der Waals surface area contributed by atoms with Crippen molar-refractivity contribution in [1.29, 1.82) is 0 Å². The molecule has 2 fully saturated rings. The molecule has 1 aromatic heterocycles. The van der Waals surface area contributed by atoms with Crippen LogP contribution in [0.25, 0.3) is 0 Å². The molecule has 3 heterocycles. The van der Waals surface area contributed by atoms with Gasteiger partial charge in [0.05, 0.1) is 12.7 Å². The fourth-order valence-electron chi connectivity index (χ4n) is 3.45. The normalized spacial score (nSPS) is 24.6. The van der Waals surface area contributed by atoms with E-state index in [4.69, 9.17) is 14.6 Å². The molecule has 3 rings (SSSR count). The lowest BCUT2D eigenvalue weighted by Crippen LogP contribution is -2.44. The highest BCUT2D eigenvalue weighted by Gasteiger charge is 2.41. The minimum Gasteiger partial charge on any atom is -0.475 e. The van der Waals surface area contributed by atoms with Crippen LogP contribution in [0.2, 0.25) is 0 Å². The van der Waals surface area contributed by atoms with E-state index in [2.05, 4.69) is 11.9 Å². The van der Waals surface area contributed by atoms with Crippen molar-refractivity contribution >= 4 is 11.9 Å². The molecule has 2 aliphatic heterocycles. The van der Waals surface area contributed by atoms with Crippen LogP contribution in [0.15, 0.2) is 18.3 Å². The van der Waals surface area contributed by atoms with E-state index in [1.807, 2.05) is 24.0 Å². The van der Waals surface area contributed by atoms with Crippen LogP contribution in [0.3, 0.4) is 0 Å². The number of amides is 1. The van der Waals surface area contributed by atoms with Crippen molar-refractivity contribution < 1.29 is 32.6 Å². The van der Waals surface area contributed by atoms with E-state index < -0.39 is 12.1 Å². The Morgan fingerprint density at radius 2 is 2.04 bits per heavy atom. The van der Waals surface area contributed by atoms with Crippen LogP contribution in [-0.2, 0) is 9.53 Å². The zero-order valence-corrected chi connectivity index (χ0v) is 15.2. The number of hydrogen-bond acceptors (Lipinski definition) is 4. The molecule has 1 amide bonds. The molecule has 0 saturated carbocycles. The number of alkyl halides is 3. The zero-order chi connectivity index (χ0) is 20.2. The monoisotopic (exact) mass is 388 g/mol. The van der Waals surface area contributed by atoms with Crippen LogP contribution in [0.5, 0.6) is 0 Å². The fourth-order valence-corrected chi connectivity index (χ4v) is 3.45. The smallest absolute Gasteiger partial charge is 0.475 e. The maximum absolute atomic E-state index is 12.5. The summed E-state index contributed by atoms with van der Waals surface area (Å²) in [6, 6.07) is 3.77. The number of ether oxygens (including phenoxy) is 1. The second-order valence-electron chi connectivity index (χ2n) is 6.77. The molecule has 6 nitrogen and oxygen atoms in total. The maximum atomic E-state index is 12.5. The number of aliphatic carboxylic acids is 1. The third-order valence-electron chi connectivity index (χ3n) is 4.86. The van der Waals surface area contributed by atoms with Crippen molar-refractivity contribution in [2.24, 2.45) is 11.8 Å². The minimum absolute atomic E-state index is 0.0587. The number of fused-ring (bicyclic) bond motifs is 1. The average molecular weight is 388 g/mol. The van der Waals surface area contributed by atoms with Gasteiger partial charge >= 0.3 is 12.1 Å². The Kier molecular flexibility index (Phi) is 6.80. The summed E-state index contributed by atoms with van der Waals surface area (Å²) >= 11 is 0. The van der Waals surface area contributed by atoms with E-state index in [1.54, 1.807) is 6.20 Å². The number of carbonyl (C=O) groups excluding carboxylic acids is 1. The van der Waals surface area contributed by atoms with Gasteiger partial charge in [0.15, 0.2) is 0 Å². The summed E-state index contributed by atoms with van der Waals surface area (Å²) in [5.74, 6) is -1.56. The molecule has 1 N–H and O–H groups in total. The number of aryl methyl sites for hydroxylation is 1. The molecular formula is C18H23F3N2O4. The van der Waals surface area contributed by atoms with Gasteiger partial charge in [0.1, 0.15) is 5.69 Å². The van der Waals surface area contributed by atoms with Gasteiger partial charge in [0.2, 0.25) is 0 Å². The van der Waals surface area contributed by atoms with Crippen molar-refractivity contribution in [3.8, 4) is 0 Å². The number of likely N-dealkylation sites (tertiary alicyclic amines) is 1. The summed E-state index contributed by atoms with van der Waals surface area (Å²) in [4.78, 5) is 27.6. The molecular weight excluding hydrogens is 365 g/mol. The van der Waals surface area contributed by atoms with E-state index in [1.165, 1.54) is 0 Å². The van der Waals surface area contributed by atoms with E-state index in [0.29, 0.717) is 23.6 Å². The lowest BCUT2D eigenvalue weighted by molar-refractivity contribution is -0.192. The van der Waals surface area contributed by atoms with Gasteiger partial charge in [-0.05, 0) is 37.3 Å². The van der Waals surface area contributed by atoms with Crippen LogP contribution < -0.4 is 0 Å². The van der Waals surface area contributed by atoms with E-state index in [-0.39, 0.29) is 5.91 Å². The predicted octanol–water partition coefficient (Wildman–Crippen LogP) is 2.91. The number of nitrogens with zero attached hydrogens (tertiary/aromatic N) is 2. The first kappa shape index (κ1) is 21.1. The lowest BCUT2D eigenvalue weighted by atomic mass is 9.83. The highest BCUT2D eigenvalue weighted by molar-refractivity contribution is 5.92. The molecule has 2 saturated heterocycles. The first-order valence-electron chi connectivity index (χ1n) is 8.77. The first-order chi connectivity index (χ1) is 12.6. The molecule has 0 radical (unpaired) electrons. The third kappa shape index (κ3) is 5.41. The van der Waals surface area contributed by atoms with Crippen LogP contribution >= 0.6 is 0 Å². The van der Waals surface area contributed by atoms with Gasteiger partial charge in [-0.3, -0.25) is 9.78 Å². The van der Waals surface area contributed by atoms with Crippen LogP contribution in [0, 0.1) is 18.8 Å². The maximum Gasteiger partial charge on any atom is 0.490 e. The summed E-state index contributed by atoms with van der Waals surface area (Å²) in [6.07, 6.45) is -0.795. The topological polar surface area (TPSA) is 79.7 Å². The molecule has 9 heteroatoms. The highest BCUT2D eigenvalue weighted by atomic mass is 19.4. The van der Waals surface area contributed by atoms with Crippen LogP contribution in [0.4, 0.5) is 13.2 Å². The summed E-state index contributed by atoms with van der Waals surface area (Å²) in [5, 5.41) is 7.12. The van der Waals surface area contributed by atoms with Crippen molar-refractivity contribution in [2.45, 2.75) is 39.0 Å². The second kappa shape index (κ2) is 8.69. The quantitative estimate of drug-likeness (QED) is 0.843. The van der Waals surface area contributed by atoms with Gasteiger partial charge in [-0.15, -0.1) is 0 Å². The Hall–Kier alpha value is -2.16. The molecule has 3 atom stereocenters. The number of halogens is 3. The molecule has 1 aromatic rings. The lowest BCUT2D eigenvalue weighted by Gasteiger charge is -2.35. The van der Waals surface area contributed by atoms with E-state index in [9.17, 15) is 18.0 Å². The number of piperidine rings is 1. The SMILES string of the molecule is CC[C@@H]1OC[C@H]2CN(C(=O)c3ccc(C)cn3)CC[C@H]21.O=C(O)C(F)(F)F. The Balaban J connectivity index is 0.000000321. The summed E-state index contributed by atoms with van der Waals surface area (Å²) < 4.78 is 37.6. The Labute approximate surface area is 155 Å². The van der Waals surface area contributed by atoms with Crippen LogP contribution in [0.1, 0.15) is 35.8 Å². The van der Waals surface area contributed by atoms with Gasteiger partial charge in [0, 0.05) is 25.2 Å². The number of carboxylic acid groups (broad SMARTS) is 1. The zero-order valence-electron chi connectivity index (χ0n) is 15.2. The van der Waals surface area contributed by atoms with Crippen LogP contribution in [-0.4, -0.2) is 58.8 Å². The Morgan fingerprint density at radius 3 is 2.56 bits per heavy atom. The molecule has 0 spiro atoms. The van der Waals surface area contributed by atoms with E-state index in [0.717, 1.165) is 38.1 Å². The number of pyridine rings is 1. The first-order valence-corrected chi connectivity index (χ1v) is 8.77. The van der Waals surface area contributed by atoms with Crippen molar-refractivity contribution in [1.82, 2.24) is 9.88 Å².